The molecular weight excluding hydrogens is 430 g/mol. The van der Waals surface area contributed by atoms with E-state index in [-0.39, 0.29) is 22.9 Å². The smallest absolute Gasteiger partial charge is 0.243 e. The lowest BCUT2D eigenvalue weighted by Crippen LogP contribution is -2.55. The van der Waals surface area contributed by atoms with E-state index in [1.807, 2.05) is 18.2 Å². The van der Waals surface area contributed by atoms with Crippen LogP contribution in [-0.4, -0.2) is 39.0 Å². The average Bonchev–Trinajstić information content (AvgIpc) is 2.82. The van der Waals surface area contributed by atoms with E-state index >= 15 is 0 Å². The van der Waals surface area contributed by atoms with Gasteiger partial charge in [-0.15, -0.1) is 0 Å². The molecule has 1 aliphatic heterocycles. The first kappa shape index (κ1) is 24.4. The van der Waals surface area contributed by atoms with Crippen LogP contribution in [0.25, 0.3) is 0 Å². The molecule has 1 saturated heterocycles. The van der Waals surface area contributed by atoms with E-state index in [0.717, 1.165) is 31.2 Å². The van der Waals surface area contributed by atoms with Gasteiger partial charge in [0.05, 0.1) is 11.0 Å². The molecule has 0 amide bonds. The zero-order valence-corrected chi connectivity index (χ0v) is 21.6. The molecule has 4 atom stereocenters. The molecule has 180 valence electrons. The molecule has 2 aliphatic rings. The molecule has 0 bridgehead atoms. The Balaban J connectivity index is 1.66. The van der Waals surface area contributed by atoms with E-state index in [0.29, 0.717) is 23.9 Å². The van der Waals surface area contributed by atoms with Gasteiger partial charge in [0.1, 0.15) is 0 Å². The topological polar surface area (TPSA) is 46.6 Å². The van der Waals surface area contributed by atoms with Crippen molar-refractivity contribution in [3.05, 3.63) is 65.7 Å². The second-order valence-electron chi connectivity index (χ2n) is 11.1. The van der Waals surface area contributed by atoms with Gasteiger partial charge >= 0.3 is 0 Å². The number of rotatable bonds is 5. The monoisotopic (exact) mass is 469 g/mol. The van der Waals surface area contributed by atoms with Crippen LogP contribution in [0.2, 0.25) is 0 Å². The summed E-state index contributed by atoms with van der Waals surface area (Å²) in [5, 5.41) is 0. The fourth-order valence-corrected chi connectivity index (χ4v) is 7.63. The highest BCUT2D eigenvalue weighted by Crippen LogP contribution is 2.55. The van der Waals surface area contributed by atoms with Crippen LogP contribution in [0.1, 0.15) is 70.4 Å². The van der Waals surface area contributed by atoms with Crippen molar-refractivity contribution in [3.8, 4) is 0 Å². The molecule has 33 heavy (non-hydrogen) atoms. The van der Waals surface area contributed by atoms with Crippen molar-refractivity contribution in [2.75, 3.05) is 20.2 Å². The van der Waals surface area contributed by atoms with Gasteiger partial charge in [-0.25, -0.2) is 8.42 Å². The lowest BCUT2D eigenvalue weighted by Gasteiger charge is -2.55. The minimum Gasteiger partial charge on any atom is -0.381 e. The van der Waals surface area contributed by atoms with Gasteiger partial charge in [0, 0.05) is 20.2 Å². The van der Waals surface area contributed by atoms with E-state index in [4.69, 9.17) is 4.74 Å². The molecule has 4 rings (SSSR count). The second kappa shape index (κ2) is 9.16. The van der Waals surface area contributed by atoms with Crippen LogP contribution >= 0.6 is 0 Å². The fourth-order valence-electron chi connectivity index (χ4n) is 6.10. The molecule has 1 aliphatic carbocycles. The highest BCUT2D eigenvalue weighted by Gasteiger charge is 2.52. The van der Waals surface area contributed by atoms with Crippen molar-refractivity contribution in [2.45, 2.75) is 75.7 Å². The molecule has 0 spiro atoms. The van der Waals surface area contributed by atoms with Crippen molar-refractivity contribution in [1.29, 1.82) is 0 Å². The average molecular weight is 470 g/mol. The lowest BCUT2D eigenvalue weighted by atomic mass is 9.56. The maximum absolute atomic E-state index is 13.7. The van der Waals surface area contributed by atoms with Crippen molar-refractivity contribution >= 4 is 10.0 Å². The van der Waals surface area contributed by atoms with E-state index < -0.39 is 10.0 Å². The fraction of sp³-hybridized carbons (Fsp3) is 0.571. The van der Waals surface area contributed by atoms with Gasteiger partial charge in [-0.2, -0.15) is 4.31 Å². The third kappa shape index (κ3) is 4.65. The molecule has 0 N–H and O–H groups in total. The van der Waals surface area contributed by atoms with Gasteiger partial charge in [-0.1, -0.05) is 70.2 Å². The number of piperidine rings is 1. The Bertz CT molecular complexity index is 1040. The Morgan fingerprint density at radius 2 is 1.70 bits per heavy atom. The summed E-state index contributed by atoms with van der Waals surface area (Å²) in [6, 6.07) is 18.1. The Kier molecular flexibility index (Phi) is 6.78. The third-order valence-corrected chi connectivity index (χ3v) is 10.2. The van der Waals surface area contributed by atoms with Crippen LogP contribution in [0.15, 0.2) is 59.5 Å². The summed E-state index contributed by atoms with van der Waals surface area (Å²) < 4.78 is 35.0. The number of sulfonamides is 1. The Labute approximate surface area is 200 Å². The van der Waals surface area contributed by atoms with Gasteiger partial charge in [0.25, 0.3) is 0 Å². The predicted octanol–water partition coefficient (Wildman–Crippen LogP) is 5.98. The Morgan fingerprint density at radius 3 is 2.30 bits per heavy atom. The normalized spacial score (nSPS) is 27.7. The van der Waals surface area contributed by atoms with E-state index in [1.54, 1.807) is 23.5 Å². The maximum atomic E-state index is 13.7. The molecule has 0 unspecified atom stereocenters. The molecule has 2 aromatic carbocycles. The van der Waals surface area contributed by atoms with Crippen molar-refractivity contribution in [1.82, 2.24) is 4.31 Å². The van der Waals surface area contributed by atoms with E-state index in [1.165, 1.54) is 5.56 Å². The number of fused-ring (bicyclic) bond motifs is 1. The van der Waals surface area contributed by atoms with Crippen LogP contribution in [0, 0.1) is 11.3 Å². The molecule has 1 saturated carbocycles. The molecule has 0 aromatic heterocycles. The number of benzene rings is 2. The second-order valence-corrected chi connectivity index (χ2v) is 13.0. The van der Waals surface area contributed by atoms with E-state index in [2.05, 4.69) is 52.0 Å². The van der Waals surface area contributed by atoms with Crippen LogP contribution in [0.4, 0.5) is 0 Å². The highest BCUT2D eigenvalue weighted by molar-refractivity contribution is 7.89. The molecule has 0 radical (unpaired) electrons. The Morgan fingerprint density at radius 1 is 1.03 bits per heavy atom. The van der Waals surface area contributed by atoms with Gasteiger partial charge in [-0.05, 0) is 71.6 Å². The number of hydrogen-bond acceptors (Lipinski definition) is 3. The highest BCUT2D eigenvalue weighted by atomic mass is 32.2. The van der Waals surface area contributed by atoms with Gasteiger partial charge in [0.15, 0.2) is 0 Å². The zero-order valence-electron chi connectivity index (χ0n) is 20.8. The van der Waals surface area contributed by atoms with Crippen molar-refractivity contribution in [2.24, 2.45) is 11.3 Å². The molecule has 2 aromatic rings. The summed E-state index contributed by atoms with van der Waals surface area (Å²) in [6.45, 7) is 9.88. The van der Waals surface area contributed by atoms with Crippen LogP contribution < -0.4 is 0 Å². The number of ether oxygens (including phenoxy) is 1. The minimum atomic E-state index is -3.55. The van der Waals surface area contributed by atoms with Crippen molar-refractivity contribution in [3.63, 3.8) is 0 Å². The van der Waals surface area contributed by atoms with Gasteiger partial charge < -0.3 is 4.74 Å². The molecule has 4 nitrogen and oxygen atoms in total. The first-order valence-electron chi connectivity index (χ1n) is 12.3. The summed E-state index contributed by atoms with van der Waals surface area (Å²) in [5.41, 5.74) is 2.36. The summed E-state index contributed by atoms with van der Waals surface area (Å²) in [6.07, 6.45) is 4.15. The number of methoxy groups -OCH3 is 1. The predicted molar refractivity (Wildman–Crippen MR) is 134 cm³/mol. The lowest BCUT2D eigenvalue weighted by molar-refractivity contribution is -0.0566. The van der Waals surface area contributed by atoms with Crippen LogP contribution in [0.3, 0.4) is 0 Å². The standard InChI is InChI=1S/C28H39NO3S/c1-21(22-9-7-6-8-10-22)28-17-15-25(32-5)19-24(28)16-18-29(20-28)33(30,31)26-13-11-23(12-14-26)27(2,3)4/h6-14,21,24-25H,15-20H2,1-5H3/t21-,24+,25+,28-/m1/s1. The Hall–Kier alpha value is -1.69. The molecule has 1 heterocycles. The van der Waals surface area contributed by atoms with Crippen LogP contribution in [-0.2, 0) is 20.2 Å². The minimum absolute atomic E-state index is 0.00417. The molecule has 5 heteroatoms. The van der Waals surface area contributed by atoms with Crippen molar-refractivity contribution < 1.29 is 13.2 Å². The summed E-state index contributed by atoms with van der Waals surface area (Å²) in [7, 11) is -1.74. The maximum Gasteiger partial charge on any atom is 0.243 e. The zero-order chi connectivity index (χ0) is 23.9. The first-order chi connectivity index (χ1) is 15.6. The summed E-state index contributed by atoms with van der Waals surface area (Å²) >= 11 is 0. The first-order valence-corrected chi connectivity index (χ1v) is 13.7. The van der Waals surface area contributed by atoms with Crippen LogP contribution in [0.5, 0.6) is 0 Å². The SMILES string of the molecule is CO[C@H]1CC[C@]2([C@H](C)c3ccccc3)CN(S(=O)(=O)c3ccc(C(C)(C)C)cc3)CC[C@H]2C1. The largest absolute Gasteiger partial charge is 0.381 e. The van der Waals surface area contributed by atoms with E-state index in [9.17, 15) is 8.42 Å². The summed E-state index contributed by atoms with van der Waals surface area (Å²) in [4.78, 5) is 0.405. The molecule has 2 fully saturated rings. The van der Waals surface area contributed by atoms with Gasteiger partial charge in [0.2, 0.25) is 10.0 Å². The quantitative estimate of drug-likeness (QED) is 0.541. The third-order valence-electron chi connectivity index (χ3n) is 8.34. The number of nitrogens with zero attached hydrogens (tertiary/aromatic N) is 1. The molecular formula is C28H39NO3S. The summed E-state index contributed by atoms with van der Waals surface area (Å²) in [5.74, 6) is 0.740. The van der Waals surface area contributed by atoms with Gasteiger partial charge in [-0.3, -0.25) is 0 Å². The number of hydrogen-bond donors (Lipinski definition) is 0.